The molecule has 1 aromatic carbocycles. The number of halogens is 1. The Bertz CT molecular complexity index is 590. The topological polar surface area (TPSA) is 98.2 Å². The molecule has 1 aliphatic heterocycles. The Morgan fingerprint density at radius 3 is 2.28 bits per heavy atom. The lowest BCUT2D eigenvalue weighted by Crippen LogP contribution is -2.35. The Labute approximate surface area is 151 Å². The fraction of sp³-hybridized carbons (Fsp3) is 0.471. The zero-order valence-electron chi connectivity index (χ0n) is 14.2. The van der Waals surface area contributed by atoms with E-state index in [9.17, 15) is 4.79 Å². The number of carbonyl (C=O) groups is 3. The van der Waals surface area contributed by atoms with Crippen LogP contribution in [-0.2, 0) is 20.8 Å². The van der Waals surface area contributed by atoms with Crippen LogP contribution < -0.4 is 0 Å². The van der Waals surface area contributed by atoms with Crippen LogP contribution in [-0.4, -0.2) is 71.1 Å². The van der Waals surface area contributed by atoms with E-state index in [0.717, 1.165) is 18.7 Å². The van der Waals surface area contributed by atoms with Crippen molar-refractivity contribution in [1.82, 2.24) is 9.80 Å². The van der Waals surface area contributed by atoms with Gasteiger partial charge in [-0.05, 0) is 43.6 Å². The standard InChI is InChI=1S/C15H21ClN2O.C2H2O4/c1-17(9-10-18-7-2-3-8-18)15(19)12-13-5-4-6-14(16)11-13;3-1(4)2(5)6/h4-6,11H,2-3,7-10,12H2,1H3;(H,3,4)(H,5,6). The second kappa shape index (κ2) is 10.7. The number of carbonyl (C=O) groups excluding carboxylic acids is 1. The van der Waals surface area contributed by atoms with E-state index in [-0.39, 0.29) is 5.91 Å². The highest BCUT2D eigenvalue weighted by molar-refractivity contribution is 6.30. The molecule has 0 spiro atoms. The van der Waals surface area contributed by atoms with Crippen LogP contribution in [0.15, 0.2) is 24.3 Å². The van der Waals surface area contributed by atoms with E-state index in [1.54, 1.807) is 0 Å². The SMILES string of the molecule is CN(CCN1CCCC1)C(=O)Cc1cccc(Cl)c1.O=C(O)C(=O)O. The van der Waals surface area contributed by atoms with Gasteiger partial charge in [-0.1, -0.05) is 23.7 Å². The molecule has 1 heterocycles. The van der Waals surface area contributed by atoms with Crippen molar-refractivity contribution < 1.29 is 24.6 Å². The number of aliphatic carboxylic acids is 2. The number of likely N-dealkylation sites (N-methyl/N-ethyl adjacent to an activating group) is 1. The van der Waals surface area contributed by atoms with Crippen molar-refractivity contribution in [3.8, 4) is 0 Å². The summed E-state index contributed by atoms with van der Waals surface area (Å²) < 4.78 is 0. The minimum atomic E-state index is -1.82. The molecule has 0 aliphatic carbocycles. The van der Waals surface area contributed by atoms with Gasteiger partial charge in [0.05, 0.1) is 6.42 Å². The third-order valence-corrected chi connectivity index (χ3v) is 4.04. The maximum absolute atomic E-state index is 12.1. The van der Waals surface area contributed by atoms with E-state index in [2.05, 4.69) is 4.90 Å². The van der Waals surface area contributed by atoms with E-state index in [4.69, 9.17) is 31.4 Å². The maximum atomic E-state index is 12.1. The fourth-order valence-corrected chi connectivity index (χ4v) is 2.59. The highest BCUT2D eigenvalue weighted by atomic mass is 35.5. The molecule has 0 atom stereocenters. The summed E-state index contributed by atoms with van der Waals surface area (Å²) in [5, 5.41) is 15.5. The molecule has 0 unspecified atom stereocenters. The first-order valence-corrected chi connectivity index (χ1v) is 8.34. The van der Waals surface area contributed by atoms with Crippen molar-refractivity contribution >= 4 is 29.4 Å². The van der Waals surface area contributed by atoms with Gasteiger partial charge in [-0.3, -0.25) is 4.79 Å². The van der Waals surface area contributed by atoms with Crippen LogP contribution in [0.25, 0.3) is 0 Å². The van der Waals surface area contributed by atoms with Crippen LogP contribution in [0.1, 0.15) is 18.4 Å². The Kier molecular flexibility index (Phi) is 8.94. The van der Waals surface area contributed by atoms with Crippen LogP contribution in [0.3, 0.4) is 0 Å². The molecule has 1 amide bonds. The highest BCUT2D eigenvalue weighted by Gasteiger charge is 2.14. The average Bonchev–Trinajstić information content (AvgIpc) is 3.06. The van der Waals surface area contributed by atoms with Crippen molar-refractivity contribution in [1.29, 1.82) is 0 Å². The van der Waals surface area contributed by atoms with E-state index in [1.165, 1.54) is 25.9 Å². The van der Waals surface area contributed by atoms with E-state index in [1.807, 2.05) is 36.2 Å². The number of hydrogen-bond donors (Lipinski definition) is 2. The van der Waals surface area contributed by atoms with E-state index in [0.29, 0.717) is 11.4 Å². The first-order chi connectivity index (χ1) is 11.8. The Balaban J connectivity index is 0.000000450. The molecular formula is C17H23ClN2O5. The van der Waals surface area contributed by atoms with Crippen molar-refractivity contribution in [2.45, 2.75) is 19.3 Å². The van der Waals surface area contributed by atoms with Crippen LogP contribution in [0.4, 0.5) is 0 Å². The molecule has 1 aliphatic rings. The lowest BCUT2D eigenvalue weighted by molar-refractivity contribution is -0.159. The quantitative estimate of drug-likeness (QED) is 0.764. The lowest BCUT2D eigenvalue weighted by Gasteiger charge is -2.21. The van der Waals surface area contributed by atoms with Gasteiger partial charge in [0.15, 0.2) is 0 Å². The summed E-state index contributed by atoms with van der Waals surface area (Å²) in [5.74, 6) is -3.49. The normalized spacial score (nSPS) is 13.7. The fourth-order valence-electron chi connectivity index (χ4n) is 2.38. The number of hydrogen-bond acceptors (Lipinski definition) is 4. The molecule has 138 valence electrons. The number of benzene rings is 1. The molecule has 1 aromatic rings. The molecular weight excluding hydrogens is 348 g/mol. The predicted molar refractivity (Wildman–Crippen MR) is 93.7 cm³/mol. The number of rotatable bonds is 5. The van der Waals surface area contributed by atoms with Crippen molar-refractivity contribution in [3.05, 3.63) is 34.9 Å². The molecule has 1 fully saturated rings. The third kappa shape index (κ3) is 8.51. The summed E-state index contributed by atoms with van der Waals surface area (Å²) in [4.78, 5) is 34.5. The number of carboxylic acids is 2. The van der Waals surface area contributed by atoms with Gasteiger partial charge in [0.25, 0.3) is 0 Å². The molecule has 1 saturated heterocycles. The van der Waals surface area contributed by atoms with Crippen LogP contribution in [0, 0.1) is 0 Å². The van der Waals surface area contributed by atoms with E-state index < -0.39 is 11.9 Å². The van der Waals surface area contributed by atoms with Crippen LogP contribution in [0.2, 0.25) is 5.02 Å². The minimum absolute atomic E-state index is 0.154. The van der Waals surface area contributed by atoms with Gasteiger partial charge in [0.2, 0.25) is 5.91 Å². The number of nitrogens with zero attached hydrogens (tertiary/aromatic N) is 2. The molecule has 0 bridgehead atoms. The summed E-state index contributed by atoms with van der Waals surface area (Å²) in [7, 11) is 1.88. The Morgan fingerprint density at radius 2 is 1.76 bits per heavy atom. The van der Waals surface area contributed by atoms with Gasteiger partial charge in [0, 0.05) is 25.2 Å². The van der Waals surface area contributed by atoms with Crippen molar-refractivity contribution in [2.75, 3.05) is 33.2 Å². The average molecular weight is 371 g/mol. The van der Waals surface area contributed by atoms with Crippen molar-refractivity contribution in [3.63, 3.8) is 0 Å². The lowest BCUT2D eigenvalue weighted by atomic mass is 10.1. The van der Waals surface area contributed by atoms with Gasteiger partial charge in [-0.2, -0.15) is 0 Å². The third-order valence-electron chi connectivity index (χ3n) is 3.80. The van der Waals surface area contributed by atoms with Gasteiger partial charge < -0.3 is 20.0 Å². The summed E-state index contributed by atoms with van der Waals surface area (Å²) in [6, 6.07) is 7.51. The first kappa shape index (κ1) is 20.9. The summed E-state index contributed by atoms with van der Waals surface area (Å²) >= 11 is 5.92. The second-order valence-electron chi connectivity index (χ2n) is 5.78. The zero-order valence-corrected chi connectivity index (χ0v) is 14.9. The highest BCUT2D eigenvalue weighted by Crippen LogP contribution is 2.12. The summed E-state index contributed by atoms with van der Waals surface area (Å²) in [6.07, 6.45) is 3.01. The number of carboxylic acid groups (broad SMARTS) is 2. The van der Waals surface area contributed by atoms with Crippen LogP contribution in [0.5, 0.6) is 0 Å². The van der Waals surface area contributed by atoms with E-state index >= 15 is 0 Å². The minimum Gasteiger partial charge on any atom is -0.473 e. The largest absolute Gasteiger partial charge is 0.473 e. The van der Waals surface area contributed by atoms with Gasteiger partial charge in [-0.25, -0.2) is 9.59 Å². The predicted octanol–water partition coefficient (Wildman–Crippen LogP) is 1.59. The smallest absolute Gasteiger partial charge is 0.414 e. The molecule has 2 rings (SSSR count). The first-order valence-electron chi connectivity index (χ1n) is 7.96. The summed E-state index contributed by atoms with van der Waals surface area (Å²) in [6.45, 7) is 4.14. The number of likely N-dealkylation sites (tertiary alicyclic amines) is 1. The Hall–Kier alpha value is -2.12. The Morgan fingerprint density at radius 1 is 1.16 bits per heavy atom. The molecule has 25 heavy (non-hydrogen) atoms. The monoisotopic (exact) mass is 370 g/mol. The molecule has 7 nitrogen and oxygen atoms in total. The second-order valence-corrected chi connectivity index (χ2v) is 6.22. The van der Waals surface area contributed by atoms with Gasteiger partial charge in [0.1, 0.15) is 0 Å². The molecule has 2 N–H and O–H groups in total. The molecule has 0 aromatic heterocycles. The number of amides is 1. The maximum Gasteiger partial charge on any atom is 0.414 e. The van der Waals surface area contributed by atoms with Gasteiger partial charge in [-0.15, -0.1) is 0 Å². The van der Waals surface area contributed by atoms with Crippen LogP contribution >= 0.6 is 11.6 Å². The molecule has 0 saturated carbocycles. The van der Waals surface area contributed by atoms with Gasteiger partial charge >= 0.3 is 11.9 Å². The molecule has 8 heteroatoms. The molecule has 0 radical (unpaired) electrons. The van der Waals surface area contributed by atoms with Crippen molar-refractivity contribution in [2.24, 2.45) is 0 Å². The zero-order chi connectivity index (χ0) is 18.8. The summed E-state index contributed by atoms with van der Waals surface area (Å²) in [5.41, 5.74) is 0.977.